The summed E-state index contributed by atoms with van der Waals surface area (Å²) in [6, 6.07) is 7.05. The van der Waals surface area contributed by atoms with E-state index in [0.717, 1.165) is 43.0 Å². The van der Waals surface area contributed by atoms with Crippen molar-refractivity contribution in [2.75, 3.05) is 12.3 Å². The number of nitrogens with one attached hydrogen (secondary N) is 1. The fourth-order valence-corrected chi connectivity index (χ4v) is 4.00. The van der Waals surface area contributed by atoms with Crippen LogP contribution in [0.1, 0.15) is 41.6 Å². The van der Waals surface area contributed by atoms with E-state index in [1.54, 1.807) is 18.2 Å². The monoisotopic (exact) mass is 383 g/mol. The number of benzene rings is 1. The quantitative estimate of drug-likeness (QED) is 0.813. The fourth-order valence-electron chi connectivity index (χ4n) is 3.27. The van der Waals surface area contributed by atoms with Gasteiger partial charge in [-0.2, -0.15) is 0 Å². The van der Waals surface area contributed by atoms with Crippen molar-refractivity contribution in [3.8, 4) is 0 Å². The fraction of sp³-hybridized carbons (Fsp3) is 0.471. The van der Waals surface area contributed by atoms with Gasteiger partial charge in [-0.25, -0.2) is 0 Å². The highest BCUT2D eigenvalue weighted by molar-refractivity contribution is 8.14. The second-order valence-electron chi connectivity index (χ2n) is 6.38. The Bertz CT molecular complexity index is 661. The van der Waals surface area contributed by atoms with Gasteiger partial charge in [-0.05, 0) is 30.5 Å². The van der Waals surface area contributed by atoms with Crippen LogP contribution in [-0.2, 0) is 11.3 Å². The number of hydrogen-bond donors (Lipinski definition) is 2. The number of nitrogens with zero attached hydrogens (tertiary/aromatic N) is 1. The molecule has 25 heavy (non-hydrogen) atoms. The topological polar surface area (TPSA) is 92.5 Å². The maximum Gasteiger partial charge on any atom is 0.289 e. The van der Waals surface area contributed by atoms with E-state index >= 15 is 0 Å². The SMILES string of the molecule is Cl.NCC1(NC(=O)c2cccc(CN3C(=O)CSC3=O)c2)CCCC1. The van der Waals surface area contributed by atoms with Gasteiger partial charge in [0.25, 0.3) is 11.1 Å². The largest absolute Gasteiger partial charge is 0.345 e. The van der Waals surface area contributed by atoms with Crippen LogP contribution in [0.3, 0.4) is 0 Å². The van der Waals surface area contributed by atoms with E-state index in [9.17, 15) is 14.4 Å². The van der Waals surface area contributed by atoms with E-state index in [-0.39, 0.29) is 47.3 Å². The summed E-state index contributed by atoms with van der Waals surface area (Å²) < 4.78 is 0. The zero-order valence-electron chi connectivity index (χ0n) is 13.8. The number of nitrogens with two attached hydrogens (primary N) is 1. The summed E-state index contributed by atoms with van der Waals surface area (Å²) in [6.45, 7) is 0.639. The first-order valence-corrected chi connectivity index (χ1v) is 9.10. The molecule has 0 spiro atoms. The van der Waals surface area contributed by atoms with Gasteiger partial charge >= 0.3 is 0 Å². The van der Waals surface area contributed by atoms with Gasteiger partial charge in [0.2, 0.25) is 5.91 Å². The van der Waals surface area contributed by atoms with Gasteiger partial charge in [-0.3, -0.25) is 19.3 Å². The lowest BCUT2D eigenvalue weighted by atomic mass is 9.97. The maximum atomic E-state index is 12.6. The zero-order chi connectivity index (χ0) is 17.2. The molecule has 6 nitrogen and oxygen atoms in total. The van der Waals surface area contributed by atoms with Gasteiger partial charge in [0.1, 0.15) is 0 Å². The third-order valence-electron chi connectivity index (χ3n) is 4.70. The Morgan fingerprint density at radius 3 is 2.60 bits per heavy atom. The zero-order valence-corrected chi connectivity index (χ0v) is 15.5. The number of halogens is 1. The molecule has 0 aromatic heterocycles. The Morgan fingerprint density at radius 1 is 1.28 bits per heavy atom. The third-order valence-corrected chi connectivity index (χ3v) is 5.56. The molecule has 8 heteroatoms. The molecule has 2 fully saturated rings. The van der Waals surface area contributed by atoms with Crippen LogP contribution in [0.2, 0.25) is 0 Å². The average Bonchev–Trinajstić information content (AvgIpc) is 3.17. The molecule has 3 rings (SSSR count). The minimum Gasteiger partial charge on any atom is -0.345 e. The van der Waals surface area contributed by atoms with Crippen molar-refractivity contribution < 1.29 is 14.4 Å². The van der Waals surface area contributed by atoms with E-state index in [1.807, 2.05) is 6.07 Å². The normalized spacial score (nSPS) is 19.0. The van der Waals surface area contributed by atoms with E-state index < -0.39 is 0 Å². The number of imide groups is 1. The van der Waals surface area contributed by atoms with E-state index in [2.05, 4.69) is 5.32 Å². The number of carbonyl (C=O) groups is 3. The van der Waals surface area contributed by atoms with Gasteiger partial charge in [-0.1, -0.05) is 36.7 Å². The van der Waals surface area contributed by atoms with E-state index in [0.29, 0.717) is 12.1 Å². The molecule has 1 saturated heterocycles. The van der Waals surface area contributed by atoms with Gasteiger partial charge in [-0.15, -0.1) is 12.4 Å². The number of rotatable bonds is 5. The molecule has 0 atom stereocenters. The first kappa shape index (κ1) is 19.8. The third kappa shape index (κ3) is 4.34. The Labute approximate surface area is 157 Å². The molecule has 1 saturated carbocycles. The number of carbonyl (C=O) groups excluding carboxylic acids is 3. The maximum absolute atomic E-state index is 12.6. The Hall–Kier alpha value is -1.57. The molecule has 3 N–H and O–H groups in total. The van der Waals surface area contributed by atoms with Crippen LogP contribution in [0.15, 0.2) is 24.3 Å². The first-order valence-electron chi connectivity index (χ1n) is 8.12. The van der Waals surface area contributed by atoms with Crippen LogP contribution in [0.25, 0.3) is 0 Å². The second-order valence-corrected chi connectivity index (χ2v) is 7.31. The minimum absolute atomic E-state index is 0. The highest BCUT2D eigenvalue weighted by Gasteiger charge is 2.34. The highest BCUT2D eigenvalue weighted by atomic mass is 35.5. The highest BCUT2D eigenvalue weighted by Crippen LogP contribution is 2.29. The number of thioether (sulfide) groups is 1. The number of amides is 3. The van der Waals surface area contributed by atoms with Crippen LogP contribution < -0.4 is 11.1 Å². The molecule has 136 valence electrons. The summed E-state index contributed by atoms with van der Waals surface area (Å²) in [5, 5.41) is 2.85. The predicted molar refractivity (Wildman–Crippen MR) is 99.8 cm³/mol. The van der Waals surface area contributed by atoms with Crippen molar-refractivity contribution in [3.05, 3.63) is 35.4 Å². The molecule has 1 aliphatic heterocycles. The Kier molecular flexibility index (Phi) is 6.48. The summed E-state index contributed by atoms with van der Waals surface area (Å²) in [5.74, 6) is -0.150. The average molecular weight is 384 g/mol. The lowest BCUT2D eigenvalue weighted by Crippen LogP contribution is -2.51. The van der Waals surface area contributed by atoms with Crippen LogP contribution in [0.5, 0.6) is 0 Å². The van der Waals surface area contributed by atoms with E-state index in [1.165, 1.54) is 4.90 Å². The summed E-state index contributed by atoms with van der Waals surface area (Å²) in [7, 11) is 0. The summed E-state index contributed by atoms with van der Waals surface area (Å²) in [5.41, 5.74) is 6.86. The van der Waals surface area contributed by atoms with Crippen LogP contribution >= 0.6 is 24.2 Å². The van der Waals surface area contributed by atoms with Crippen molar-refractivity contribution >= 4 is 41.2 Å². The van der Waals surface area contributed by atoms with Gasteiger partial charge in [0.05, 0.1) is 17.8 Å². The Morgan fingerprint density at radius 2 is 2.00 bits per heavy atom. The van der Waals surface area contributed by atoms with Gasteiger partial charge in [0, 0.05) is 12.1 Å². The summed E-state index contributed by atoms with van der Waals surface area (Å²) in [6.07, 6.45) is 3.97. The molecule has 0 radical (unpaired) electrons. The van der Waals surface area contributed by atoms with E-state index in [4.69, 9.17) is 5.73 Å². The standard InChI is InChI=1S/C17H21N3O3S.ClH/c18-11-17(6-1-2-7-17)19-15(22)13-5-3-4-12(8-13)9-20-14(21)10-24-16(20)23;/h3-5,8H,1-2,6-7,9-11,18H2,(H,19,22);1H. The molecule has 1 aliphatic carbocycles. The van der Waals surface area contributed by atoms with Crippen molar-refractivity contribution in [1.29, 1.82) is 0 Å². The van der Waals surface area contributed by atoms with Gasteiger partial charge < -0.3 is 11.1 Å². The second kappa shape index (κ2) is 8.21. The van der Waals surface area contributed by atoms with Crippen molar-refractivity contribution in [3.63, 3.8) is 0 Å². The van der Waals surface area contributed by atoms with Gasteiger partial charge in [0.15, 0.2) is 0 Å². The summed E-state index contributed by atoms with van der Waals surface area (Å²) in [4.78, 5) is 37.2. The molecular formula is C17H22ClN3O3S. The molecular weight excluding hydrogens is 362 g/mol. The molecule has 2 aliphatic rings. The first-order chi connectivity index (χ1) is 11.5. The molecule has 0 unspecified atom stereocenters. The lowest BCUT2D eigenvalue weighted by molar-refractivity contribution is -0.125. The predicted octanol–water partition coefficient (Wildman–Crippen LogP) is 2.31. The smallest absolute Gasteiger partial charge is 0.289 e. The lowest BCUT2D eigenvalue weighted by Gasteiger charge is -2.28. The molecule has 1 aromatic carbocycles. The van der Waals surface area contributed by atoms with Crippen LogP contribution in [0.4, 0.5) is 4.79 Å². The number of hydrogen-bond acceptors (Lipinski definition) is 5. The van der Waals surface area contributed by atoms with Crippen molar-refractivity contribution in [2.45, 2.75) is 37.8 Å². The molecule has 1 heterocycles. The molecule has 3 amide bonds. The van der Waals surface area contributed by atoms with Crippen molar-refractivity contribution in [1.82, 2.24) is 10.2 Å². The van der Waals surface area contributed by atoms with Crippen molar-refractivity contribution in [2.24, 2.45) is 5.73 Å². The Balaban J connectivity index is 0.00000225. The molecule has 0 bridgehead atoms. The van der Waals surface area contributed by atoms with Crippen LogP contribution in [0, 0.1) is 0 Å². The minimum atomic E-state index is -0.301. The summed E-state index contributed by atoms with van der Waals surface area (Å²) >= 11 is 1.01. The molecule has 1 aromatic rings. The van der Waals surface area contributed by atoms with Crippen LogP contribution in [-0.4, -0.2) is 39.8 Å².